The molecule has 0 aromatic carbocycles. The fourth-order valence-corrected chi connectivity index (χ4v) is 4.22. The Kier molecular flexibility index (Phi) is 6.30. The van der Waals surface area contributed by atoms with Crippen molar-refractivity contribution in [2.75, 3.05) is 7.05 Å². The Labute approximate surface area is 138 Å². The second kappa shape index (κ2) is 7.77. The summed E-state index contributed by atoms with van der Waals surface area (Å²) in [7, 11) is 2.12. The average Bonchev–Trinajstić information content (AvgIpc) is 2.80. The second-order valence-electron chi connectivity index (χ2n) is 6.45. The van der Waals surface area contributed by atoms with Gasteiger partial charge >= 0.3 is 0 Å². The van der Waals surface area contributed by atoms with Crippen molar-refractivity contribution in [1.82, 2.24) is 15.1 Å². The van der Waals surface area contributed by atoms with E-state index < -0.39 is 0 Å². The largest absolute Gasteiger partial charge is 0.316 e. The highest BCUT2D eigenvalue weighted by molar-refractivity contribution is 9.10. The van der Waals surface area contributed by atoms with Crippen LogP contribution in [-0.2, 0) is 13.0 Å². The normalized spacial score (nSPS) is 24.2. The molecule has 0 bridgehead atoms. The molecule has 1 aliphatic carbocycles. The van der Waals surface area contributed by atoms with Crippen LogP contribution in [0, 0.1) is 18.8 Å². The molecule has 3 nitrogen and oxygen atoms in total. The first-order chi connectivity index (χ1) is 10.1. The molecule has 1 N–H and O–H groups in total. The molecule has 1 heterocycles. The quantitative estimate of drug-likeness (QED) is 0.823. The van der Waals surface area contributed by atoms with Gasteiger partial charge in [0.05, 0.1) is 15.9 Å². The summed E-state index contributed by atoms with van der Waals surface area (Å²) < 4.78 is 3.35. The standard InChI is InChI=1S/C17H30BrN3/c1-5-13-7-9-14(10-8-13)15(19-4)11-16-17(18)12(3)20-21(16)6-2/h13-15,19H,5-11H2,1-4H3. The van der Waals surface area contributed by atoms with Crippen LogP contribution in [0.1, 0.15) is 57.3 Å². The van der Waals surface area contributed by atoms with Gasteiger partial charge in [-0.1, -0.05) is 26.2 Å². The Morgan fingerprint density at radius 2 is 1.95 bits per heavy atom. The minimum atomic E-state index is 0.570. The van der Waals surface area contributed by atoms with E-state index >= 15 is 0 Å². The van der Waals surface area contributed by atoms with Crippen LogP contribution in [0.3, 0.4) is 0 Å². The van der Waals surface area contributed by atoms with E-state index in [0.29, 0.717) is 6.04 Å². The van der Waals surface area contributed by atoms with Crippen molar-refractivity contribution in [2.45, 2.75) is 71.9 Å². The molecule has 0 radical (unpaired) electrons. The molecule has 1 atom stereocenters. The molecule has 4 heteroatoms. The molecular weight excluding hydrogens is 326 g/mol. The third-order valence-electron chi connectivity index (χ3n) is 5.27. The van der Waals surface area contributed by atoms with Crippen LogP contribution >= 0.6 is 15.9 Å². The van der Waals surface area contributed by atoms with Crippen LogP contribution in [0.5, 0.6) is 0 Å². The zero-order chi connectivity index (χ0) is 15.4. The van der Waals surface area contributed by atoms with E-state index in [1.807, 2.05) is 0 Å². The number of rotatable bonds is 6. The fourth-order valence-electron chi connectivity index (χ4n) is 3.78. The lowest BCUT2D eigenvalue weighted by Gasteiger charge is -2.33. The van der Waals surface area contributed by atoms with Crippen LogP contribution in [-0.4, -0.2) is 22.9 Å². The highest BCUT2D eigenvalue weighted by Crippen LogP contribution is 2.34. The summed E-state index contributed by atoms with van der Waals surface area (Å²) in [5.41, 5.74) is 2.46. The van der Waals surface area contributed by atoms with Crippen molar-refractivity contribution in [1.29, 1.82) is 0 Å². The van der Waals surface area contributed by atoms with E-state index in [2.05, 4.69) is 58.8 Å². The topological polar surface area (TPSA) is 29.9 Å². The number of halogens is 1. The lowest BCUT2D eigenvalue weighted by Crippen LogP contribution is -2.38. The molecule has 1 saturated carbocycles. The number of nitrogens with zero attached hydrogens (tertiary/aromatic N) is 2. The van der Waals surface area contributed by atoms with E-state index in [9.17, 15) is 0 Å². The minimum Gasteiger partial charge on any atom is -0.316 e. The zero-order valence-electron chi connectivity index (χ0n) is 14.0. The first-order valence-electron chi connectivity index (χ1n) is 8.49. The number of aryl methyl sites for hydroxylation is 2. The molecule has 1 unspecified atom stereocenters. The molecule has 120 valence electrons. The van der Waals surface area contributed by atoms with Crippen molar-refractivity contribution in [3.8, 4) is 0 Å². The Bertz CT molecular complexity index is 447. The molecule has 1 aromatic heterocycles. The molecule has 0 aliphatic heterocycles. The van der Waals surface area contributed by atoms with Crippen molar-refractivity contribution < 1.29 is 0 Å². The van der Waals surface area contributed by atoms with E-state index in [4.69, 9.17) is 0 Å². The zero-order valence-corrected chi connectivity index (χ0v) is 15.5. The SMILES string of the molecule is CCC1CCC(C(Cc2c(Br)c(C)nn2CC)NC)CC1. The van der Waals surface area contributed by atoms with Crippen molar-refractivity contribution in [3.05, 3.63) is 15.9 Å². The third-order valence-corrected chi connectivity index (χ3v) is 6.31. The van der Waals surface area contributed by atoms with Gasteiger partial charge in [0.15, 0.2) is 0 Å². The Morgan fingerprint density at radius 3 is 2.48 bits per heavy atom. The molecule has 2 rings (SSSR count). The molecule has 21 heavy (non-hydrogen) atoms. The molecule has 0 saturated heterocycles. The first kappa shape index (κ1) is 17.0. The summed E-state index contributed by atoms with van der Waals surface area (Å²) in [6.07, 6.45) is 8.00. The van der Waals surface area contributed by atoms with Crippen molar-refractivity contribution >= 4 is 15.9 Å². The van der Waals surface area contributed by atoms with Gasteiger partial charge in [0.2, 0.25) is 0 Å². The lowest BCUT2D eigenvalue weighted by molar-refractivity contribution is 0.220. The second-order valence-corrected chi connectivity index (χ2v) is 7.24. The molecule has 0 amide bonds. The smallest absolute Gasteiger partial charge is 0.0738 e. The lowest BCUT2D eigenvalue weighted by atomic mass is 9.76. The molecule has 0 spiro atoms. The van der Waals surface area contributed by atoms with Gasteiger partial charge in [-0.15, -0.1) is 0 Å². The summed E-state index contributed by atoms with van der Waals surface area (Å²) >= 11 is 3.73. The van der Waals surface area contributed by atoms with Crippen LogP contribution < -0.4 is 5.32 Å². The van der Waals surface area contributed by atoms with Gasteiger partial charge in [-0.3, -0.25) is 4.68 Å². The van der Waals surface area contributed by atoms with Crippen LogP contribution in [0.2, 0.25) is 0 Å². The van der Waals surface area contributed by atoms with Gasteiger partial charge in [-0.2, -0.15) is 5.10 Å². The molecule has 1 aliphatic rings. The first-order valence-corrected chi connectivity index (χ1v) is 9.28. The summed E-state index contributed by atoms with van der Waals surface area (Å²) in [6, 6.07) is 0.570. The van der Waals surface area contributed by atoms with Gasteiger partial charge < -0.3 is 5.32 Å². The fraction of sp³-hybridized carbons (Fsp3) is 0.824. The number of nitrogens with one attached hydrogen (secondary N) is 1. The van der Waals surface area contributed by atoms with Crippen molar-refractivity contribution in [2.24, 2.45) is 11.8 Å². The number of likely N-dealkylation sites (N-methyl/N-ethyl adjacent to an activating group) is 1. The molecule has 1 fully saturated rings. The van der Waals surface area contributed by atoms with Gasteiger partial charge in [-0.05, 0) is 61.5 Å². The predicted molar refractivity (Wildman–Crippen MR) is 92.6 cm³/mol. The number of hydrogen-bond donors (Lipinski definition) is 1. The monoisotopic (exact) mass is 355 g/mol. The van der Waals surface area contributed by atoms with E-state index in [1.54, 1.807) is 0 Å². The van der Waals surface area contributed by atoms with Crippen molar-refractivity contribution in [3.63, 3.8) is 0 Å². The third kappa shape index (κ3) is 3.89. The molecular formula is C17H30BrN3. The van der Waals surface area contributed by atoms with Gasteiger partial charge in [-0.25, -0.2) is 0 Å². The highest BCUT2D eigenvalue weighted by atomic mass is 79.9. The van der Waals surface area contributed by atoms with E-state index in [0.717, 1.165) is 30.5 Å². The van der Waals surface area contributed by atoms with Gasteiger partial charge in [0.25, 0.3) is 0 Å². The summed E-state index contributed by atoms with van der Waals surface area (Å²) in [5, 5.41) is 8.21. The maximum Gasteiger partial charge on any atom is 0.0738 e. The maximum atomic E-state index is 4.63. The number of aromatic nitrogens is 2. The average molecular weight is 356 g/mol. The minimum absolute atomic E-state index is 0.570. The Hall–Kier alpha value is -0.350. The van der Waals surface area contributed by atoms with E-state index in [-0.39, 0.29) is 0 Å². The van der Waals surface area contributed by atoms with Crippen LogP contribution in [0.15, 0.2) is 4.47 Å². The summed E-state index contributed by atoms with van der Waals surface area (Å²) in [5.74, 6) is 1.78. The predicted octanol–water partition coefficient (Wildman–Crippen LogP) is 4.32. The van der Waals surface area contributed by atoms with Crippen LogP contribution in [0.25, 0.3) is 0 Å². The molecule has 1 aromatic rings. The van der Waals surface area contributed by atoms with Gasteiger partial charge in [0, 0.05) is 19.0 Å². The van der Waals surface area contributed by atoms with E-state index in [1.165, 1.54) is 42.3 Å². The summed E-state index contributed by atoms with van der Waals surface area (Å²) in [6.45, 7) is 7.53. The summed E-state index contributed by atoms with van der Waals surface area (Å²) in [4.78, 5) is 0. The van der Waals surface area contributed by atoms with Gasteiger partial charge in [0.1, 0.15) is 0 Å². The highest BCUT2D eigenvalue weighted by Gasteiger charge is 2.28. The van der Waals surface area contributed by atoms with Crippen LogP contribution in [0.4, 0.5) is 0 Å². The Balaban J connectivity index is 2.06. The maximum absolute atomic E-state index is 4.63. The Morgan fingerprint density at radius 1 is 1.29 bits per heavy atom. The number of hydrogen-bond acceptors (Lipinski definition) is 2.